The van der Waals surface area contributed by atoms with Crippen LogP contribution in [0.2, 0.25) is 0 Å². The van der Waals surface area contributed by atoms with Gasteiger partial charge in [0.15, 0.2) is 5.82 Å². The number of aromatic nitrogens is 5. The predicted molar refractivity (Wildman–Crippen MR) is 220 cm³/mol. The maximum Gasteiger partial charge on any atom is 0.237 e. The normalized spacial score (nSPS) is 12.5. The summed E-state index contributed by atoms with van der Waals surface area (Å²) in [5.74, 6) is 1.52. The van der Waals surface area contributed by atoms with Crippen molar-refractivity contribution in [2.75, 3.05) is 0 Å². The van der Waals surface area contributed by atoms with Crippen molar-refractivity contribution >= 4 is 103 Å². The topological polar surface area (TPSA) is 40.0 Å². The van der Waals surface area contributed by atoms with Crippen molar-refractivity contribution in [1.82, 2.24) is 23.5 Å². The lowest BCUT2D eigenvalue weighted by Crippen LogP contribution is -2.07. The van der Waals surface area contributed by atoms with Crippen molar-refractivity contribution in [2.45, 2.75) is 0 Å². The molecule has 0 saturated heterocycles. The molecular weight excluding hydrogens is 647 g/mol. The quantitative estimate of drug-likeness (QED) is 0.183. The molecule has 0 aliphatic heterocycles. The number of hydrogen-bond donors (Lipinski definition) is 0. The number of hydrogen-bond acceptors (Lipinski definition) is 2. The maximum absolute atomic E-state index is 5.62. The van der Waals surface area contributed by atoms with Crippen LogP contribution < -0.4 is 0 Å². The highest BCUT2D eigenvalue weighted by Crippen LogP contribution is 2.48. The summed E-state index contributed by atoms with van der Waals surface area (Å²) in [5.41, 5.74) is 9.07. The van der Waals surface area contributed by atoms with Gasteiger partial charge < -0.3 is 4.40 Å². The van der Waals surface area contributed by atoms with Gasteiger partial charge in [-0.25, -0.2) is 4.98 Å². The highest BCUT2D eigenvalue weighted by atomic mass is 15.2. The van der Waals surface area contributed by atoms with Crippen LogP contribution in [-0.2, 0) is 0 Å². The van der Waals surface area contributed by atoms with Crippen LogP contribution in [-0.4, -0.2) is 23.5 Å². The van der Waals surface area contributed by atoms with Gasteiger partial charge in [-0.1, -0.05) is 121 Å². The van der Waals surface area contributed by atoms with E-state index in [9.17, 15) is 0 Å². The Hall–Kier alpha value is -7.24. The SMILES string of the molecule is c1ccc2c(c1)ccc1c3c4c(cc5c6ccccc6n(c21)c53)c1ccccc1n4-c1nc(-n2c3ccccc3c3ccccc32)nc2ccccc12. The molecule has 0 fully saturated rings. The van der Waals surface area contributed by atoms with Gasteiger partial charge in [0, 0.05) is 53.9 Å². The standard InChI is InChI=1S/C48H27N5/c1-2-14-29-28(13-1)25-26-35-43-45-36(32-17-6-11-23-41(32)52(45)44(29)35)27-37-33-18-7-12-24-42(33)53(46(37)43)47-34-19-3-8-20-38(34)49-48(50-47)51-39-21-9-4-15-30(39)31-16-5-10-22-40(31)51/h1-27H. The van der Waals surface area contributed by atoms with Gasteiger partial charge in [-0.3, -0.25) is 9.13 Å². The van der Waals surface area contributed by atoms with E-state index in [1.807, 2.05) is 0 Å². The van der Waals surface area contributed by atoms with E-state index in [4.69, 9.17) is 9.97 Å². The smallest absolute Gasteiger partial charge is 0.237 e. The minimum atomic E-state index is 0.653. The first-order chi connectivity index (χ1) is 26.3. The van der Waals surface area contributed by atoms with Crippen molar-refractivity contribution in [1.29, 1.82) is 0 Å². The van der Waals surface area contributed by atoms with Gasteiger partial charge in [0.2, 0.25) is 5.95 Å². The fraction of sp³-hybridized carbons (Fsp3) is 0. The fourth-order valence-corrected chi connectivity index (χ4v) is 9.43. The second-order valence-electron chi connectivity index (χ2n) is 14.2. The lowest BCUT2D eigenvalue weighted by molar-refractivity contribution is 0.973. The van der Waals surface area contributed by atoms with Crippen LogP contribution in [0.5, 0.6) is 0 Å². The van der Waals surface area contributed by atoms with Gasteiger partial charge in [0.25, 0.3) is 0 Å². The number of nitrogens with zero attached hydrogens (tertiary/aromatic N) is 5. The maximum atomic E-state index is 5.62. The predicted octanol–water partition coefficient (Wildman–Crippen LogP) is 12.1. The van der Waals surface area contributed by atoms with Crippen LogP contribution in [0.4, 0.5) is 0 Å². The van der Waals surface area contributed by atoms with E-state index in [0.717, 1.165) is 38.8 Å². The molecule has 0 amide bonds. The highest BCUT2D eigenvalue weighted by molar-refractivity contribution is 6.36. The highest BCUT2D eigenvalue weighted by Gasteiger charge is 2.27. The minimum Gasteiger partial charge on any atom is -0.307 e. The van der Waals surface area contributed by atoms with E-state index in [1.165, 1.54) is 70.4 Å². The van der Waals surface area contributed by atoms with Gasteiger partial charge in [0.1, 0.15) is 0 Å². The van der Waals surface area contributed by atoms with Crippen molar-refractivity contribution in [3.05, 3.63) is 164 Å². The van der Waals surface area contributed by atoms with Crippen molar-refractivity contribution in [2.24, 2.45) is 0 Å². The van der Waals surface area contributed by atoms with Crippen molar-refractivity contribution in [3.8, 4) is 11.8 Å². The second kappa shape index (κ2) is 9.75. The van der Waals surface area contributed by atoms with Gasteiger partial charge >= 0.3 is 0 Å². The molecule has 0 bridgehead atoms. The number of rotatable bonds is 2. The second-order valence-corrected chi connectivity index (χ2v) is 14.2. The number of para-hydroxylation sites is 5. The molecular formula is C48H27N5. The van der Waals surface area contributed by atoms with Crippen molar-refractivity contribution in [3.63, 3.8) is 0 Å². The third-order valence-corrected chi connectivity index (χ3v) is 11.5. The molecule has 5 heteroatoms. The molecule has 53 heavy (non-hydrogen) atoms. The first-order valence-electron chi connectivity index (χ1n) is 18.1. The Labute approximate surface area is 301 Å². The first-order valence-corrected chi connectivity index (χ1v) is 18.1. The lowest BCUT2D eigenvalue weighted by atomic mass is 10.0. The van der Waals surface area contributed by atoms with Crippen LogP contribution in [0, 0.1) is 0 Å². The average Bonchev–Trinajstić information content (AvgIpc) is 3.94. The Kier molecular flexibility index (Phi) is 5.06. The largest absolute Gasteiger partial charge is 0.307 e. The summed E-state index contributed by atoms with van der Waals surface area (Å²) in [6, 6.07) is 59.1. The summed E-state index contributed by atoms with van der Waals surface area (Å²) in [7, 11) is 0. The van der Waals surface area contributed by atoms with Gasteiger partial charge in [-0.05, 0) is 47.9 Å². The van der Waals surface area contributed by atoms with Gasteiger partial charge in [-0.15, -0.1) is 0 Å². The Morgan fingerprint density at radius 2 is 0.868 bits per heavy atom. The molecule has 0 aliphatic rings. The van der Waals surface area contributed by atoms with Crippen LogP contribution in [0.3, 0.4) is 0 Å². The third-order valence-electron chi connectivity index (χ3n) is 11.5. The summed E-state index contributed by atoms with van der Waals surface area (Å²) in [4.78, 5) is 10.9. The molecule has 0 saturated carbocycles. The molecule has 244 valence electrons. The molecule has 0 unspecified atom stereocenters. The van der Waals surface area contributed by atoms with Gasteiger partial charge in [-0.2, -0.15) is 4.98 Å². The molecule has 13 rings (SSSR count). The van der Waals surface area contributed by atoms with E-state index >= 15 is 0 Å². The molecule has 5 nitrogen and oxygen atoms in total. The zero-order valence-electron chi connectivity index (χ0n) is 28.3. The monoisotopic (exact) mass is 673 g/mol. The lowest BCUT2D eigenvalue weighted by Gasteiger charge is -2.14. The summed E-state index contributed by atoms with van der Waals surface area (Å²) in [5, 5.41) is 13.3. The average molecular weight is 674 g/mol. The Balaban J connectivity index is 1.28. The summed E-state index contributed by atoms with van der Waals surface area (Å²) < 4.78 is 7.17. The van der Waals surface area contributed by atoms with Crippen LogP contribution in [0.25, 0.3) is 115 Å². The van der Waals surface area contributed by atoms with Crippen LogP contribution >= 0.6 is 0 Å². The third kappa shape index (κ3) is 3.37. The molecule has 0 radical (unpaired) electrons. The fourth-order valence-electron chi connectivity index (χ4n) is 9.43. The van der Waals surface area contributed by atoms with E-state index < -0.39 is 0 Å². The molecule has 13 aromatic rings. The van der Waals surface area contributed by atoms with E-state index in [2.05, 4.69) is 177 Å². The molecule has 0 spiro atoms. The molecule has 0 aliphatic carbocycles. The summed E-state index contributed by atoms with van der Waals surface area (Å²) in [6.45, 7) is 0. The van der Waals surface area contributed by atoms with E-state index in [1.54, 1.807) is 0 Å². The van der Waals surface area contributed by atoms with Crippen LogP contribution in [0.15, 0.2) is 164 Å². The molecule has 0 atom stereocenters. The zero-order chi connectivity index (χ0) is 34.4. The molecule has 5 aromatic heterocycles. The minimum absolute atomic E-state index is 0.653. The molecule has 0 N–H and O–H groups in total. The Morgan fingerprint density at radius 1 is 0.340 bits per heavy atom. The van der Waals surface area contributed by atoms with E-state index in [0.29, 0.717) is 5.95 Å². The van der Waals surface area contributed by atoms with Gasteiger partial charge in [0.05, 0.1) is 44.1 Å². The molecule has 8 aromatic carbocycles. The van der Waals surface area contributed by atoms with E-state index in [-0.39, 0.29) is 0 Å². The van der Waals surface area contributed by atoms with Crippen LogP contribution in [0.1, 0.15) is 0 Å². The Morgan fingerprint density at radius 3 is 1.58 bits per heavy atom. The summed E-state index contributed by atoms with van der Waals surface area (Å²) >= 11 is 0. The van der Waals surface area contributed by atoms with Crippen molar-refractivity contribution < 1.29 is 0 Å². The Bertz CT molecular complexity index is 3640. The summed E-state index contributed by atoms with van der Waals surface area (Å²) in [6.07, 6.45) is 0. The number of benzene rings is 8. The zero-order valence-corrected chi connectivity index (χ0v) is 28.3. The first kappa shape index (κ1) is 27.5. The number of fused-ring (bicyclic) bond motifs is 16. The molecule has 5 heterocycles.